The molecule has 0 aliphatic heterocycles. The molecule has 0 saturated carbocycles. The molecule has 0 saturated heterocycles. The van der Waals surface area contributed by atoms with Crippen molar-refractivity contribution in [1.82, 2.24) is 0 Å². The number of hydrogen-bond acceptors (Lipinski definition) is 3. The second kappa shape index (κ2) is 6.23. The summed E-state index contributed by atoms with van der Waals surface area (Å²) >= 11 is 3.31. The van der Waals surface area contributed by atoms with Gasteiger partial charge >= 0.3 is 0 Å². The van der Waals surface area contributed by atoms with E-state index in [1.54, 1.807) is 19.1 Å². The highest BCUT2D eigenvalue weighted by Crippen LogP contribution is 2.25. The number of halogens is 2. The van der Waals surface area contributed by atoms with Crippen LogP contribution in [0.2, 0.25) is 0 Å². The zero-order chi connectivity index (χ0) is 16.4. The summed E-state index contributed by atoms with van der Waals surface area (Å²) in [6.45, 7) is 3.10. The molecule has 2 aromatic carbocycles. The lowest BCUT2D eigenvalue weighted by Gasteiger charge is -2.09. The van der Waals surface area contributed by atoms with Gasteiger partial charge in [-0.25, -0.2) is 4.39 Å². The molecule has 0 radical (unpaired) electrons. The number of carbonyl (C=O) groups excluding carboxylic acids is 1. The third-order valence-corrected chi connectivity index (χ3v) is 3.71. The minimum absolute atomic E-state index is 0.0960. The normalized spacial score (nSPS) is 10.4. The molecule has 1 amide bonds. The van der Waals surface area contributed by atoms with E-state index in [2.05, 4.69) is 21.2 Å². The maximum Gasteiger partial charge on any atom is 0.276 e. The smallest absolute Gasteiger partial charge is 0.276 e. The van der Waals surface area contributed by atoms with E-state index in [9.17, 15) is 19.3 Å². The Bertz CT molecular complexity index is 778. The fraction of sp³-hybridized carbons (Fsp3) is 0.133. The van der Waals surface area contributed by atoms with Crippen LogP contribution in [0, 0.1) is 29.8 Å². The number of rotatable bonds is 3. The fourth-order valence-corrected chi connectivity index (χ4v) is 2.42. The standard InChI is InChI=1S/C15H12BrFN2O3/c1-8-5-11(16)3-4-13(8)18-15(20)10-6-12(17)9(2)14(7-10)19(21)22/h3-7H,1-2H3,(H,18,20). The lowest BCUT2D eigenvalue weighted by atomic mass is 10.1. The van der Waals surface area contributed by atoms with Crippen LogP contribution in [0.1, 0.15) is 21.5 Å². The Kier molecular flexibility index (Phi) is 4.56. The Morgan fingerprint density at radius 2 is 1.95 bits per heavy atom. The Labute approximate surface area is 134 Å². The van der Waals surface area contributed by atoms with Crippen molar-refractivity contribution in [2.45, 2.75) is 13.8 Å². The molecular formula is C15H12BrFN2O3. The van der Waals surface area contributed by atoms with Gasteiger partial charge in [-0.2, -0.15) is 0 Å². The molecule has 1 N–H and O–H groups in total. The molecule has 7 heteroatoms. The first-order chi connectivity index (χ1) is 10.3. The van der Waals surface area contributed by atoms with E-state index in [1.807, 2.05) is 6.07 Å². The van der Waals surface area contributed by atoms with E-state index < -0.39 is 22.3 Å². The Balaban J connectivity index is 2.35. The number of carbonyl (C=O) groups is 1. The largest absolute Gasteiger partial charge is 0.322 e. The molecular weight excluding hydrogens is 355 g/mol. The molecule has 0 spiro atoms. The highest BCUT2D eigenvalue weighted by Gasteiger charge is 2.19. The molecule has 0 bridgehead atoms. The minimum atomic E-state index is -0.785. The maximum atomic E-state index is 13.7. The van der Waals surface area contributed by atoms with Crippen LogP contribution in [0.15, 0.2) is 34.8 Å². The topological polar surface area (TPSA) is 72.2 Å². The number of nitro benzene ring substituents is 1. The van der Waals surface area contributed by atoms with E-state index in [0.29, 0.717) is 5.69 Å². The maximum absolute atomic E-state index is 13.7. The summed E-state index contributed by atoms with van der Waals surface area (Å²) in [7, 11) is 0. The average molecular weight is 367 g/mol. The Morgan fingerprint density at radius 3 is 2.55 bits per heavy atom. The van der Waals surface area contributed by atoms with Gasteiger partial charge in [-0.1, -0.05) is 15.9 Å². The monoisotopic (exact) mass is 366 g/mol. The minimum Gasteiger partial charge on any atom is -0.322 e. The van der Waals surface area contributed by atoms with E-state index in [-0.39, 0.29) is 11.1 Å². The van der Waals surface area contributed by atoms with Crippen molar-refractivity contribution in [2.24, 2.45) is 0 Å². The molecule has 0 atom stereocenters. The van der Waals surface area contributed by atoms with Crippen LogP contribution in [0.4, 0.5) is 15.8 Å². The van der Waals surface area contributed by atoms with Gasteiger partial charge in [0.2, 0.25) is 0 Å². The number of nitro groups is 1. The summed E-state index contributed by atoms with van der Waals surface area (Å²) in [5, 5.41) is 13.5. The third kappa shape index (κ3) is 3.30. The second-order valence-corrected chi connectivity index (χ2v) is 5.69. The summed E-state index contributed by atoms with van der Waals surface area (Å²) in [5.41, 5.74) is 0.748. The quantitative estimate of drug-likeness (QED) is 0.647. The van der Waals surface area contributed by atoms with E-state index >= 15 is 0 Å². The summed E-state index contributed by atoms with van der Waals surface area (Å²) in [4.78, 5) is 22.4. The molecule has 114 valence electrons. The molecule has 0 unspecified atom stereocenters. The Morgan fingerprint density at radius 1 is 1.27 bits per heavy atom. The van der Waals surface area contributed by atoms with Gasteiger partial charge in [0.15, 0.2) is 0 Å². The lowest BCUT2D eigenvalue weighted by molar-refractivity contribution is -0.385. The van der Waals surface area contributed by atoms with Crippen molar-refractivity contribution in [3.8, 4) is 0 Å². The molecule has 2 rings (SSSR count). The van der Waals surface area contributed by atoms with Crippen molar-refractivity contribution in [3.63, 3.8) is 0 Å². The molecule has 0 heterocycles. The second-order valence-electron chi connectivity index (χ2n) is 4.77. The fourth-order valence-electron chi connectivity index (χ4n) is 1.95. The summed E-state index contributed by atoms with van der Waals surface area (Å²) in [6.07, 6.45) is 0. The highest BCUT2D eigenvalue weighted by atomic mass is 79.9. The van der Waals surface area contributed by atoms with Crippen molar-refractivity contribution in [1.29, 1.82) is 0 Å². The molecule has 0 aliphatic rings. The average Bonchev–Trinajstić information content (AvgIpc) is 2.44. The zero-order valence-corrected chi connectivity index (χ0v) is 13.4. The van der Waals surface area contributed by atoms with Crippen LogP contribution >= 0.6 is 15.9 Å². The first-order valence-corrected chi connectivity index (χ1v) is 7.11. The molecule has 0 aromatic heterocycles. The van der Waals surface area contributed by atoms with Gasteiger partial charge in [-0.3, -0.25) is 14.9 Å². The van der Waals surface area contributed by atoms with Crippen molar-refractivity contribution in [2.75, 3.05) is 5.32 Å². The number of nitrogens with zero attached hydrogens (tertiary/aromatic N) is 1. The van der Waals surface area contributed by atoms with Gasteiger partial charge in [0.1, 0.15) is 5.82 Å². The molecule has 0 fully saturated rings. The van der Waals surface area contributed by atoms with Crippen LogP contribution in [0.3, 0.4) is 0 Å². The summed E-state index contributed by atoms with van der Waals surface area (Å²) < 4.78 is 14.6. The summed E-state index contributed by atoms with van der Waals surface area (Å²) in [5.74, 6) is -1.39. The van der Waals surface area contributed by atoms with Gasteiger partial charge < -0.3 is 5.32 Å². The summed E-state index contributed by atoms with van der Waals surface area (Å²) in [6, 6.07) is 7.32. The highest BCUT2D eigenvalue weighted by molar-refractivity contribution is 9.10. The van der Waals surface area contributed by atoms with Gasteiger partial charge in [0, 0.05) is 21.8 Å². The first-order valence-electron chi connectivity index (χ1n) is 6.31. The van der Waals surface area contributed by atoms with Gasteiger partial charge in [-0.15, -0.1) is 0 Å². The number of aryl methyl sites for hydroxylation is 1. The SMILES string of the molecule is Cc1cc(Br)ccc1NC(=O)c1cc(F)c(C)c([N+](=O)[O-])c1. The van der Waals surface area contributed by atoms with Gasteiger partial charge in [-0.05, 0) is 43.7 Å². The number of hydrogen-bond donors (Lipinski definition) is 1. The van der Waals surface area contributed by atoms with Crippen LogP contribution in [0.5, 0.6) is 0 Å². The molecule has 0 aliphatic carbocycles. The van der Waals surface area contributed by atoms with E-state index in [1.165, 1.54) is 6.92 Å². The van der Waals surface area contributed by atoms with Crippen molar-refractivity contribution < 1.29 is 14.1 Å². The zero-order valence-electron chi connectivity index (χ0n) is 11.8. The predicted octanol–water partition coefficient (Wildman–Crippen LogP) is 4.37. The number of nitrogens with one attached hydrogen (secondary N) is 1. The van der Waals surface area contributed by atoms with Crippen LogP contribution in [0.25, 0.3) is 0 Å². The number of benzene rings is 2. The van der Waals surface area contributed by atoms with Crippen LogP contribution in [-0.2, 0) is 0 Å². The number of anilines is 1. The van der Waals surface area contributed by atoms with Gasteiger partial charge in [0.05, 0.1) is 10.5 Å². The third-order valence-electron chi connectivity index (χ3n) is 3.21. The Hall–Kier alpha value is -2.28. The number of amides is 1. The molecule has 22 heavy (non-hydrogen) atoms. The van der Waals surface area contributed by atoms with Gasteiger partial charge in [0.25, 0.3) is 11.6 Å². The van der Waals surface area contributed by atoms with E-state index in [0.717, 1.165) is 22.2 Å². The lowest BCUT2D eigenvalue weighted by Crippen LogP contribution is -2.14. The van der Waals surface area contributed by atoms with E-state index in [4.69, 9.17) is 0 Å². The van der Waals surface area contributed by atoms with Crippen molar-refractivity contribution in [3.05, 3.63) is 67.4 Å². The molecule has 2 aromatic rings. The predicted molar refractivity (Wildman–Crippen MR) is 84.6 cm³/mol. The van der Waals surface area contributed by atoms with Crippen molar-refractivity contribution >= 4 is 33.2 Å². The van der Waals surface area contributed by atoms with Crippen LogP contribution < -0.4 is 5.32 Å². The van der Waals surface area contributed by atoms with Crippen LogP contribution in [-0.4, -0.2) is 10.8 Å². The first kappa shape index (κ1) is 16.1. The molecule has 5 nitrogen and oxygen atoms in total.